The molecule has 0 saturated heterocycles. The first kappa shape index (κ1) is 4.96. The smallest absolute Gasteiger partial charge is 0.182 e. The standard InChI is InChI=1S/C3H5N3/c1-5-3-6-2-4/h3H,1H3,(H,5,6). The van der Waals surface area contributed by atoms with Gasteiger partial charge in [0, 0.05) is 7.05 Å². The molecule has 0 aromatic carbocycles. The first-order chi connectivity index (χ1) is 2.91. The van der Waals surface area contributed by atoms with Crippen LogP contribution < -0.4 is 5.32 Å². The van der Waals surface area contributed by atoms with Gasteiger partial charge in [-0.25, -0.2) is 0 Å². The van der Waals surface area contributed by atoms with Gasteiger partial charge in [0.2, 0.25) is 0 Å². The second-order valence-corrected chi connectivity index (χ2v) is 0.643. The summed E-state index contributed by atoms with van der Waals surface area (Å²) in [5.41, 5.74) is 0. The van der Waals surface area contributed by atoms with Crippen molar-refractivity contribution in [1.29, 1.82) is 5.26 Å². The van der Waals surface area contributed by atoms with Crippen LogP contribution in [0.5, 0.6) is 0 Å². The van der Waals surface area contributed by atoms with E-state index in [9.17, 15) is 0 Å². The lowest BCUT2D eigenvalue weighted by Crippen LogP contribution is -1.98. The van der Waals surface area contributed by atoms with Crippen LogP contribution in [0.3, 0.4) is 0 Å². The number of nitrogens with one attached hydrogen (secondary N) is 1. The Morgan fingerprint density at radius 1 is 2.00 bits per heavy atom. The minimum absolute atomic E-state index is 1.32. The molecule has 0 unspecified atom stereocenters. The van der Waals surface area contributed by atoms with Crippen molar-refractivity contribution in [2.24, 2.45) is 4.99 Å². The minimum Gasteiger partial charge on any atom is -0.283 e. The number of aliphatic imine (C=N–C) groups is 1. The van der Waals surface area contributed by atoms with E-state index in [1.807, 2.05) is 0 Å². The van der Waals surface area contributed by atoms with Crippen LogP contribution in [0.25, 0.3) is 0 Å². The monoisotopic (exact) mass is 83.0 g/mol. The average Bonchev–Trinajstić information content (AvgIpc) is 1.61. The molecule has 1 N–H and O–H groups in total. The first-order valence-corrected chi connectivity index (χ1v) is 1.47. The third kappa shape index (κ3) is 2.96. The van der Waals surface area contributed by atoms with E-state index in [0.717, 1.165) is 0 Å². The maximum Gasteiger partial charge on any atom is 0.182 e. The second kappa shape index (κ2) is 3.96. The molecule has 0 radical (unpaired) electrons. The third-order valence-corrected chi connectivity index (χ3v) is 0.258. The van der Waals surface area contributed by atoms with Gasteiger partial charge in [-0.1, -0.05) is 0 Å². The van der Waals surface area contributed by atoms with Crippen molar-refractivity contribution in [3.8, 4) is 6.19 Å². The highest BCUT2D eigenvalue weighted by Gasteiger charge is 1.55. The Kier molecular flexibility index (Phi) is 3.27. The quantitative estimate of drug-likeness (QED) is 0.205. The fourth-order valence-corrected chi connectivity index (χ4v) is 0.0934. The summed E-state index contributed by atoms with van der Waals surface area (Å²) in [6.07, 6.45) is 2.99. The molecule has 0 amide bonds. The van der Waals surface area contributed by atoms with Gasteiger partial charge in [0.1, 0.15) is 0 Å². The Labute approximate surface area is 36.3 Å². The summed E-state index contributed by atoms with van der Waals surface area (Å²) < 4.78 is 0. The normalized spacial score (nSPS) is 8.00. The molecule has 0 aliphatic rings. The van der Waals surface area contributed by atoms with Crippen LogP contribution in [0.2, 0.25) is 0 Å². The fourth-order valence-electron chi connectivity index (χ4n) is 0.0934. The number of hydrogen-bond donors (Lipinski definition) is 1. The Balaban J connectivity index is 2.92. The van der Waals surface area contributed by atoms with E-state index in [1.165, 1.54) is 6.34 Å². The largest absolute Gasteiger partial charge is 0.283 e. The minimum atomic E-state index is 1.32. The zero-order valence-electron chi connectivity index (χ0n) is 3.47. The molecule has 0 aliphatic carbocycles. The number of hydrogen-bond acceptors (Lipinski definition) is 2. The van der Waals surface area contributed by atoms with Gasteiger partial charge in [0.15, 0.2) is 6.19 Å². The van der Waals surface area contributed by atoms with Crippen LogP contribution in [0.15, 0.2) is 4.99 Å². The topological polar surface area (TPSA) is 48.2 Å². The van der Waals surface area contributed by atoms with Gasteiger partial charge < -0.3 is 0 Å². The average molecular weight is 83.1 g/mol. The SMILES string of the molecule is C/N=C/NC#N. The fraction of sp³-hybridized carbons (Fsp3) is 0.333. The van der Waals surface area contributed by atoms with Crippen molar-refractivity contribution in [2.75, 3.05) is 7.05 Å². The van der Waals surface area contributed by atoms with E-state index in [1.54, 1.807) is 13.2 Å². The molecule has 32 valence electrons. The van der Waals surface area contributed by atoms with Crippen LogP contribution in [0, 0.1) is 11.5 Å². The molecule has 0 aliphatic heterocycles. The molecule has 0 atom stereocenters. The van der Waals surface area contributed by atoms with Crippen molar-refractivity contribution in [1.82, 2.24) is 5.32 Å². The predicted octanol–water partition coefficient (Wildman–Crippen LogP) is -0.285. The van der Waals surface area contributed by atoms with Crippen molar-refractivity contribution in [3.63, 3.8) is 0 Å². The molecule has 0 spiro atoms. The lowest BCUT2D eigenvalue weighted by atomic mass is 11.1. The molecule has 0 aromatic heterocycles. The van der Waals surface area contributed by atoms with Crippen molar-refractivity contribution in [2.45, 2.75) is 0 Å². The number of nitriles is 1. The highest BCUT2D eigenvalue weighted by molar-refractivity contribution is 5.55. The zero-order chi connectivity index (χ0) is 4.83. The van der Waals surface area contributed by atoms with Gasteiger partial charge in [-0.2, -0.15) is 5.26 Å². The van der Waals surface area contributed by atoms with Crippen LogP contribution in [-0.2, 0) is 0 Å². The Bertz CT molecular complexity index is 78.5. The molecule has 3 heteroatoms. The Hall–Kier alpha value is -1.04. The Morgan fingerprint density at radius 2 is 2.67 bits per heavy atom. The molecule has 3 nitrogen and oxygen atoms in total. The van der Waals surface area contributed by atoms with Crippen LogP contribution in [0.1, 0.15) is 0 Å². The second-order valence-electron chi connectivity index (χ2n) is 0.643. The molecule has 0 heterocycles. The van der Waals surface area contributed by atoms with E-state index in [4.69, 9.17) is 5.26 Å². The number of nitrogens with zero attached hydrogens (tertiary/aromatic N) is 2. The van der Waals surface area contributed by atoms with E-state index in [-0.39, 0.29) is 0 Å². The van der Waals surface area contributed by atoms with Crippen molar-refractivity contribution in [3.05, 3.63) is 0 Å². The summed E-state index contributed by atoms with van der Waals surface area (Å²) >= 11 is 0. The highest BCUT2D eigenvalue weighted by atomic mass is 14.9. The van der Waals surface area contributed by atoms with Gasteiger partial charge in [0.25, 0.3) is 0 Å². The lowest BCUT2D eigenvalue weighted by molar-refractivity contribution is 1.27. The maximum absolute atomic E-state index is 7.74. The Morgan fingerprint density at radius 3 is 2.83 bits per heavy atom. The molecule has 0 bridgehead atoms. The molecule has 0 saturated carbocycles. The van der Waals surface area contributed by atoms with Crippen LogP contribution in [-0.4, -0.2) is 13.4 Å². The molecule has 0 fully saturated rings. The van der Waals surface area contributed by atoms with Crippen molar-refractivity contribution < 1.29 is 0 Å². The summed E-state index contributed by atoms with van der Waals surface area (Å²) in [7, 11) is 1.59. The summed E-state index contributed by atoms with van der Waals surface area (Å²) in [5.74, 6) is 0. The zero-order valence-corrected chi connectivity index (χ0v) is 3.47. The van der Waals surface area contributed by atoms with E-state index < -0.39 is 0 Å². The maximum atomic E-state index is 7.74. The molecule has 0 aromatic rings. The van der Waals surface area contributed by atoms with E-state index in [2.05, 4.69) is 10.3 Å². The van der Waals surface area contributed by atoms with E-state index in [0.29, 0.717) is 0 Å². The first-order valence-electron chi connectivity index (χ1n) is 1.47. The van der Waals surface area contributed by atoms with Gasteiger partial charge in [0.05, 0.1) is 6.34 Å². The van der Waals surface area contributed by atoms with E-state index >= 15 is 0 Å². The molecular formula is C3H5N3. The van der Waals surface area contributed by atoms with Gasteiger partial charge in [-0.3, -0.25) is 10.3 Å². The lowest BCUT2D eigenvalue weighted by Gasteiger charge is -1.71. The number of rotatable bonds is 1. The summed E-state index contributed by atoms with van der Waals surface area (Å²) in [6.45, 7) is 0. The van der Waals surface area contributed by atoms with Crippen LogP contribution >= 0.6 is 0 Å². The predicted molar refractivity (Wildman–Crippen MR) is 23.2 cm³/mol. The highest BCUT2D eigenvalue weighted by Crippen LogP contribution is 1.40. The third-order valence-electron chi connectivity index (χ3n) is 0.258. The molecule has 0 rings (SSSR count). The van der Waals surface area contributed by atoms with Gasteiger partial charge in [-0.15, -0.1) is 0 Å². The van der Waals surface area contributed by atoms with Crippen LogP contribution in [0.4, 0.5) is 0 Å². The van der Waals surface area contributed by atoms with Gasteiger partial charge in [-0.05, 0) is 0 Å². The van der Waals surface area contributed by atoms with Crippen molar-refractivity contribution >= 4 is 6.34 Å². The molecular weight excluding hydrogens is 78.1 g/mol. The van der Waals surface area contributed by atoms with Gasteiger partial charge >= 0.3 is 0 Å². The summed E-state index contributed by atoms with van der Waals surface area (Å²) in [6, 6.07) is 0. The summed E-state index contributed by atoms with van der Waals surface area (Å²) in [5, 5.41) is 9.96. The molecule has 6 heavy (non-hydrogen) atoms. The summed E-state index contributed by atoms with van der Waals surface area (Å²) in [4.78, 5) is 3.47.